The van der Waals surface area contributed by atoms with Gasteiger partial charge in [-0.05, 0) is 38.1 Å². The van der Waals surface area contributed by atoms with Crippen molar-refractivity contribution >= 4 is 28.4 Å². The summed E-state index contributed by atoms with van der Waals surface area (Å²) in [6.07, 6.45) is 1.47. The van der Waals surface area contributed by atoms with Crippen LogP contribution < -0.4 is 10.0 Å². The molecule has 118 valence electrons. The van der Waals surface area contributed by atoms with Crippen LogP contribution in [0.5, 0.6) is 0 Å². The Hall–Kier alpha value is -1.15. The van der Waals surface area contributed by atoms with Crippen LogP contribution in [0.3, 0.4) is 0 Å². The minimum atomic E-state index is -3.72. The first-order chi connectivity index (χ1) is 9.54. The van der Waals surface area contributed by atoms with Crippen molar-refractivity contribution in [2.45, 2.75) is 23.8 Å². The van der Waals surface area contributed by atoms with Crippen molar-refractivity contribution in [3.63, 3.8) is 0 Å². The van der Waals surface area contributed by atoms with E-state index in [1.807, 2.05) is 0 Å². The van der Waals surface area contributed by atoms with Crippen molar-refractivity contribution in [3.05, 3.63) is 29.8 Å². The number of ether oxygens (including phenoxy) is 1. The number of benzene rings is 1. The molecule has 0 bridgehead atoms. The molecule has 1 fully saturated rings. The predicted molar refractivity (Wildman–Crippen MR) is 81.2 cm³/mol. The molecular formula is C13H19ClN2O4S. The highest BCUT2D eigenvalue weighted by Gasteiger charge is 2.26. The molecule has 8 heteroatoms. The van der Waals surface area contributed by atoms with Gasteiger partial charge in [0.2, 0.25) is 10.0 Å². The van der Waals surface area contributed by atoms with Crippen molar-refractivity contribution in [1.29, 1.82) is 0 Å². The Morgan fingerprint density at radius 3 is 2.52 bits per heavy atom. The summed E-state index contributed by atoms with van der Waals surface area (Å²) in [7, 11) is -2.50. The van der Waals surface area contributed by atoms with Gasteiger partial charge in [0.15, 0.2) is 0 Å². The van der Waals surface area contributed by atoms with Gasteiger partial charge in [0.1, 0.15) is 0 Å². The molecule has 0 saturated carbocycles. The van der Waals surface area contributed by atoms with Crippen molar-refractivity contribution in [2.75, 3.05) is 20.2 Å². The van der Waals surface area contributed by atoms with Crippen molar-refractivity contribution in [1.82, 2.24) is 10.0 Å². The van der Waals surface area contributed by atoms with Gasteiger partial charge in [-0.3, -0.25) is 0 Å². The monoisotopic (exact) mass is 334 g/mol. The second-order valence-electron chi connectivity index (χ2n) is 4.63. The summed E-state index contributed by atoms with van der Waals surface area (Å²) in [5, 5.41) is 3.17. The molecule has 0 spiro atoms. The third kappa shape index (κ3) is 4.41. The Bertz CT molecular complexity index is 586. The van der Waals surface area contributed by atoms with Gasteiger partial charge < -0.3 is 10.1 Å². The molecule has 0 atom stereocenters. The number of carbonyl (C=O) groups excluding carboxylic acids is 1. The largest absolute Gasteiger partial charge is 0.465 e. The normalized spacial score (nSPS) is 16.0. The number of hydrogen-bond acceptors (Lipinski definition) is 5. The SMILES string of the molecule is COC(=O)c1ccccc1S(=O)(=O)NC1CCNCC1.Cl. The Morgan fingerprint density at radius 1 is 1.29 bits per heavy atom. The molecule has 1 aliphatic heterocycles. The van der Waals surface area contributed by atoms with E-state index in [4.69, 9.17) is 0 Å². The maximum absolute atomic E-state index is 12.4. The van der Waals surface area contributed by atoms with Crippen LogP contribution in [-0.4, -0.2) is 40.6 Å². The number of methoxy groups -OCH3 is 1. The average molecular weight is 335 g/mol. The molecule has 21 heavy (non-hydrogen) atoms. The van der Waals surface area contributed by atoms with E-state index in [2.05, 4.69) is 14.8 Å². The fourth-order valence-electron chi connectivity index (χ4n) is 2.20. The fraction of sp³-hybridized carbons (Fsp3) is 0.462. The molecule has 1 saturated heterocycles. The average Bonchev–Trinajstić information content (AvgIpc) is 2.47. The third-order valence-electron chi connectivity index (χ3n) is 3.24. The minimum Gasteiger partial charge on any atom is -0.465 e. The third-order valence-corrected chi connectivity index (χ3v) is 4.82. The second-order valence-corrected chi connectivity index (χ2v) is 6.32. The number of esters is 1. The first kappa shape index (κ1) is 17.9. The topological polar surface area (TPSA) is 84.5 Å². The van der Waals surface area contributed by atoms with Crippen molar-refractivity contribution in [2.24, 2.45) is 0 Å². The summed E-state index contributed by atoms with van der Waals surface area (Å²) >= 11 is 0. The molecule has 0 amide bonds. The number of piperidine rings is 1. The molecular weight excluding hydrogens is 316 g/mol. The fourth-order valence-corrected chi connectivity index (χ4v) is 3.70. The van der Waals surface area contributed by atoms with Crippen molar-refractivity contribution in [3.8, 4) is 0 Å². The van der Waals surface area contributed by atoms with Crippen LogP contribution in [-0.2, 0) is 14.8 Å². The van der Waals surface area contributed by atoms with Crippen LogP contribution in [0.2, 0.25) is 0 Å². The van der Waals surface area contributed by atoms with Gasteiger partial charge in [-0.1, -0.05) is 12.1 Å². The molecule has 0 radical (unpaired) electrons. The van der Waals surface area contributed by atoms with Crippen LogP contribution in [0.1, 0.15) is 23.2 Å². The quantitative estimate of drug-likeness (QED) is 0.800. The predicted octanol–water partition coefficient (Wildman–Crippen LogP) is 0.925. The van der Waals surface area contributed by atoms with Gasteiger partial charge in [0, 0.05) is 6.04 Å². The summed E-state index contributed by atoms with van der Waals surface area (Å²) < 4.78 is 32.1. The molecule has 0 aliphatic carbocycles. The lowest BCUT2D eigenvalue weighted by atomic mass is 10.1. The van der Waals surface area contributed by atoms with Crippen LogP contribution in [0, 0.1) is 0 Å². The maximum Gasteiger partial charge on any atom is 0.339 e. The molecule has 2 N–H and O–H groups in total. The van der Waals surface area contributed by atoms with Crippen LogP contribution in [0.15, 0.2) is 29.2 Å². The van der Waals surface area contributed by atoms with E-state index in [1.54, 1.807) is 12.1 Å². The first-order valence-electron chi connectivity index (χ1n) is 6.45. The maximum atomic E-state index is 12.4. The standard InChI is InChI=1S/C13H18N2O4S.ClH/c1-19-13(16)11-4-2-3-5-12(11)20(17,18)15-10-6-8-14-9-7-10;/h2-5,10,14-15H,6-9H2,1H3;1H. The van der Waals surface area contributed by atoms with Crippen LogP contribution in [0.25, 0.3) is 0 Å². The molecule has 0 unspecified atom stereocenters. The highest BCUT2D eigenvalue weighted by Crippen LogP contribution is 2.18. The lowest BCUT2D eigenvalue weighted by Crippen LogP contribution is -2.42. The molecule has 1 aromatic rings. The van der Waals surface area contributed by atoms with Gasteiger partial charge in [-0.15, -0.1) is 12.4 Å². The second kappa shape index (κ2) is 7.74. The summed E-state index contributed by atoms with van der Waals surface area (Å²) in [5.74, 6) is -0.656. The molecule has 1 heterocycles. The highest BCUT2D eigenvalue weighted by atomic mass is 35.5. The van der Waals surface area contributed by atoms with E-state index in [-0.39, 0.29) is 28.9 Å². The van der Waals surface area contributed by atoms with Crippen molar-refractivity contribution < 1.29 is 17.9 Å². The van der Waals surface area contributed by atoms with Crippen LogP contribution in [0.4, 0.5) is 0 Å². The minimum absolute atomic E-state index is 0. The summed E-state index contributed by atoms with van der Waals surface area (Å²) in [6, 6.07) is 5.95. The van der Waals surface area contributed by atoms with Gasteiger partial charge in [0.05, 0.1) is 17.6 Å². The number of carbonyl (C=O) groups is 1. The molecule has 2 rings (SSSR count). The van der Waals surface area contributed by atoms with E-state index in [1.165, 1.54) is 19.2 Å². The molecule has 1 aliphatic rings. The van der Waals surface area contributed by atoms with Gasteiger partial charge >= 0.3 is 5.97 Å². The zero-order valence-corrected chi connectivity index (χ0v) is 13.3. The number of sulfonamides is 1. The Kier molecular flexibility index (Phi) is 6.60. The lowest BCUT2D eigenvalue weighted by Gasteiger charge is -2.23. The zero-order chi connectivity index (χ0) is 14.6. The number of hydrogen-bond donors (Lipinski definition) is 2. The Labute approximate surface area is 130 Å². The van der Waals surface area contributed by atoms with Crippen LogP contribution >= 0.6 is 12.4 Å². The van der Waals surface area contributed by atoms with Gasteiger partial charge in [-0.25, -0.2) is 17.9 Å². The number of rotatable bonds is 4. The highest BCUT2D eigenvalue weighted by molar-refractivity contribution is 7.89. The lowest BCUT2D eigenvalue weighted by molar-refractivity contribution is 0.0596. The molecule has 0 aromatic heterocycles. The van der Waals surface area contributed by atoms with Gasteiger partial charge in [-0.2, -0.15) is 0 Å². The summed E-state index contributed by atoms with van der Waals surface area (Å²) in [4.78, 5) is 11.6. The van der Waals surface area contributed by atoms with E-state index >= 15 is 0 Å². The Balaban J connectivity index is 0.00000220. The number of halogens is 1. The van der Waals surface area contributed by atoms with E-state index in [0.717, 1.165) is 25.9 Å². The van der Waals surface area contributed by atoms with E-state index in [9.17, 15) is 13.2 Å². The first-order valence-corrected chi connectivity index (χ1v) is 7.93. The summed E-state index contributed by atoms with van der Waals surface area (Å²) in [6.45, 7) is 1.57. The molecule has 6 nitrogen and oxygen atoms in total. The zero-order valence-electron chi connectivity index (χ0n) is 11.7. The summed E-state index contributed by atoms with van der Waals surface area (Å²) in [5.41, 5.74) is 0.0523. The van der Waals surface area contributed by atoms with E-state index in [0.29, 0.717) is 0 Å². The molecule has 1 aromatic carbocycles. The van der Waals surface area contributed by atoms with Gasteiger partial charge in [0.25, 0.3) is 0 Å². The van der Waals surface area contributed by atoms with E-state index < -0.39 is 16.0 Å². The number of nitrogens with one attached hydrogen (secondary N) is 2. The smallest absolute Gasteiger partial charge is 0.339 e. The Morgan fingerprint density at radius 2 is 1.90 bits per heavy atom.